The van der Waals surface area contributed by atoms with E-state index in [2.05, 4.69) is 10.6 Å². The van der Waals surface area contributed by atoms with Crippen molar-refractivity contribution in [2.45, 2.75) is 52.6 Å². The maximum Gasteiger partial charge on any atom is 0.269 e. The molecule has 0 aromatic heterocycles. The fraction of sp³-hybridized carbons (Fsp3) is 0.323. The normalized spacial score (nSPS) is 22.4. The number of nitrogens with one attached hydrogen (secondary N) is 2. The fourth-order valence-electron chi connectivity index (χ4n) is 5.47. The van der Waals surface area contributed by atoms with E-state index in [9.17, 15) is 29.6 Å². The molecule has 1 aliphatic carbocycles. The molecule has 40 heavy (non-hydrogen) atoms. The molecule has 4 rings (SSSR count). The first kappa shape index (κ1) is 28.6. The molecule has 9 heteroatoms. The highest BCUT2D eigenvalue weighted by Crippen LogP contribution is 2.47. The van der Waals surface area contributed by atoms with Crippen LogP contribution in [0.2, 0.25) is 0 Å². The zero-order chi connectivity index (χ0) is 29.4. The van der Waals surface area contributed by atoms with Crippen LogP contribution < -0.4 is 10.6 Å². The topological polar surface area (TPSA) is 139 Å². The molecule has 0 radical (unpaired) electrons. The van der Waals surface area contributed by atoms with Crippen LogP contribution in [-0.2, 0) is 14.4 Å². The molecule has 0 heterocycles. The maximum atomic E-state index is 13.9. The van der Waals surface area contributed by atoms with Crippen molar-refractivity contribution in [3.8, 4) is 0 Å². The summed E-state index contributed by atoms with van der Waals surface area (Å²) in [6.45, 7) is 8.85. The number of hydrogen-bond acceptors (Lipinski definition) is 6. The second kappa shape index (κ2) is 11.0. The minimum absolute atomic E-state index is 0.176. The van der Waals surface area contributed by atoms with Gasteiger partial charge in [0.2, 0.25) is 11.8 Å². The third-order valence-electron chi connectivity index (χ3n) is 7.62. The van der Waals surface area contributed by atoms with Gasteiger partial charge < -0.3 is 15.7 Å². The van der Waals surface area contributed by atoms with Crippen molar-refractivity contribution in [3.63, 3.8) is 0 Å². The number of nitrogens with zero attached hydrogens (tertiary/aromatic N) is 1. The van der Waals surface area contributed by atoms with Crippen LogP contribution in [0.3, 0.4) is 0 Å². The number of aryl methyl sites for hydroxylation is 4. The number of nitro groups is 1. The highest BCUT2D eigenvalue weighted by Gasteiger charge is 2.56. The van der Waals surface area contributed by atoms with Gasteiger partial charge in [-0.2, -0.15) is 0 Å². The second-order valence-electron chi connectivity index (χ2n) is 10.9. The van der Waals surface area contributed by atoms with E-state index in [0.29, 0.717) is 16.9 Å². The molecule has 3 aromatic carbocycles. The van der Waals surface area contributed by atoms with Crippen LogP contribution in [0, 0.1) is 49.6 Å². The van der Waals surface area contributed by atoms with Gasteiger partial charge in [-0.25, -0.2) is 0 Å². The molecule has 3 aromatic rings. The first-order valence-electron chi connectivity index (χ1n) is 13.0. The van der Waals surface area contributed by atoms with Gasteiger partial charge in [0.25, 0.3) is 5.69 Å². The molecule has 4 atom stereocenters. The molecule has 9 nitrogen and oxygen atoms in total. The summed E-state index contributed by atoms with van der Waals surface area (Å²) in [5, 5.41) is 28.5. The average molecular weight is 544 g/mol. The van der Waals surface area contributed by atoms with Gasteiger partial charge in [-0.15, -0.1) is 0 Å². The molecule has 1 fully saturated rings. The molecule has 208 valence electrons. The van der Waals surface area contributed by atoms with E-state index in [4.69, 9.17) is 0 Å². The van der Waals surface area contributed by atoms with E-state index in [1.165, 1.54) is 31.2 Å². The summed E-state index contributed by atoms with van der Waals surface area (Å²) < 4.78 is 0. The lowest BCUT2D eigenvalue weighted by Crippen LogP contribution is -2.56. The standard InChI is InChI=1S/C31H33N3O6/c1-17-6-8-19(3)23(14-17)32-29(36)27-25(35)16-31(5,38)28(26(27)21-10-12-22(13-11-21)34(39)40)30(37)33-24-15-18(2)7-9-20(24)4/h6-15,26-28,38H,16H2,1-5H3,(H,32,36)(H,33,37). The van der Waals surface area contributed by atoms with Crippen LogP contribution in [0.5, 0.6) is 0 Å². The number of nitro benzene ring substituents is 1. The quantitative estimate of drug-likeness (QED) is 0.223. The molecular weight excluding hydrogens is 510 g/mol. The van der Waals surface area contributed by atoms with Gasteiger partial charge in [-0.05, 0) is 74.6 Å². The number of Topliss-reactive ketones (excluding diaryl/α,β-unsaturated/α-hetero) is 1. The van der Waals surface area contributed by atoms with Gasteiger partial charge >= 0.3 is 0 Å². The van der Waals surface area contributed by atoms with E-state index < -0.39 is 52.3 Å². The predicted octanol–water partition coefficient (Wildman–Crippen LogP) is 5.15. The van der Waals surface area contributed by atoms with E-state index in [1.54, 1.807) is 6.07 Å². The van der Waals surface area contributed by atoms with E-state index in [1.807, 2.05) is 58.0 Å². The number of hydrogen-bond donors (Lipinski definition) is 3. The smallest absolute Gasteiger partial charge is 0.269 e. The van der Waals surface area contributed by atoms with Crippen molar-refractivity contribution < 1.29 is 24.4 Å². The van der Waals surface area contributed by atoms with Crippen LogP contribution in [0.25, 0.3) is 0 Å². The molecule has 4 unspecified atom stereocenters. The minimum atomic E-state index is -1.79. The SMILES string of the molecule is Cc1ccc(C)c(NC(=O)C2C(=O)CC(C)(O)C(C(=O)Nc3cc(C)ccc3C)C2c2ccc([N+](=O)[O-])cc2)c1. The lowest BCUT2D eigenvalue weighted by molar-refractivity contribution is -0.384. The molecule has 0 bridgehead atoms. The fourth-order valence-corrected chi connectivity index (χ4v) is 5.47. The second-order valence-corrected chi connectivity index (χ2v) is 10.9. The third-order valence-corrected chi connectivity index (χ3v) is 7.62. The summed E-state index contributed by atoms with van der Waals surface area (Å²) in [7, 11) is 0. The van der Waals surface area contributed by atoms with Crippen LogP contribution in [0.15, 0.2) is 60.7 Å². The van der Waals surface area contributed by atoms with Gasteiger partial charge in [0, 0.05) is 35.8 Å². The van der Waals surface area contributed by atoms with Gasteiger partial charge in [-0.3, -0.25) is 24.5 Å². The molecule has 1 aliphatic rings. The summed E-state index contributed by atoms with van der Waals surface area (Å²) in [5.41, 5.74) is 2.92. The van der Waals surface area contributed by atoms with Crippen LogP contribution >= 0.6 is 0 Å². The number of aliphatic hydroxyl groups is 1. The first-order chi connectivity index (χ1) is 18.8. The zero-order valence-corrected chi connectivity index (χ0v) is 23.1. The highest BCUT2D eigenvalue weighted by atomic mass is 16.6. The Morgan fingerprint density at radius 1 is 0.875 bits per heavy atom. The number of carbonyl (C=O) groups excluding carboxylic acids is 3. The molecule has 0 spiro atoms. The van der Waals surface area contributed by atoms with Crippen molar-refractivity contribution in [2.75, 3.05) is 10.6 Å². The van der Waals surface area contributed by atoms with Crippen LogP contribution in [-0.4, -0.2) is 33.2 Å². The molecule has 0 aliphatic heterocycles. The first-order valence-corrected chi connectivity index (χ1v) is 13.0. The van der Waals surface area contributed by atoms with Crippen molar-refractivity contribution in [2.24, 2.45) is 11.8 Å². The average Bonchev–Trinajstić information content (AvgIpc) is 2.87. The highest BCUT2D eigenvalue weighted by molar-refractivity contribution is 6.10. The number of anilines is 2. The number of carbonyl (C=O) groups is 3. The Kier molecular flexibility index (Phi) is 7.88. The number of benzene rings is 3. The molecule has 2 amide bonds. The number of rotatable bonds is 6. The van der Waals surface area contributed by atoms with Crippen molar-refractivity contribution >= 4 is 34.7 Å². The summed E-state index contributed by atoms with van der Waals surface area (Å²) in [4.78, 5) is 52.0. The van der Waals surface area contributed by atoms with Gasteiger partial charge in [-0.1, -0.05) is 36.4 Å². The van der Waals surface area contributed by atoms with Crippen molar-refractivity contribution in [3.05, 3.63) is 98.6 Å². The number of ketones is 1. The third kappa shape index (κ3) is 5.79. The lowest BCUT2D eigenvalue weighted by Gasteiger charge is -2.44. The van der Waals surface area contributed by atoms with Gasteiger partial charge in [0.1, 0.15) is 11.7 Å². The Hall–Kier alpha value is -4.37. The van der Waals surface area contributed by atoms with Crippen LogP contribution in [0.1, 0.15) is 47.1 Å². The Morgan fingerprint density at radius 2 is 1.38 bits per heavy atom. The predicted molar refractivity (Wildman–Crippen MR) is 152 cm³/mol. The zero-order valence-electron chi connectivity index (χ0n) is 23.1. The Balaban J connectivity index is 1.81. The number of amides is 2. The van der Waals surface area contributed by atoms with Crippen molar-refractivity contribution in [1.29, 1.82) is 0 Å². The molecule has 1 saturated carbocycles. The lowest BCUT2D eigenvalue weighted by atomic mass is 9.61. The summed E-state index contributed by atoms with van der Waals surface area (Å²) in [5.74, 6) is -5.32. The van der Waals surface area contributed by atoms with Gasteiger partial charge in [0.05, 0.1) is 16.4 Å². The summed E-state index contributed by atoms with van der Waals surface area (Å²) >= 11 is 0. The number of non-ortho nitro benzene ring substituents is 1. The molecular formula is C31H33N3O6. The van der Waals surface area contributed by atoms with E-state index in [0.717, 1.165) is 22.3 Å². The Bertz CT molecular complexity index is 1500. The monoisotopic (exact) mass is 543 g/mol. The molecule has 3 N–H and O–H groups in total. The maximum absolute atomic E-state index is 13.9. The van der Waals surface area contributed by atoms with E-state index in [-0.39, 0.29) is 5.69 Å². The van der Waals surface area contributed by atoms with Gasteiger partial charge in [0.15, 0.2) is 0 Å². The van der Waals surface area contributed by atoms with E-state index >= 15 is 0 Å². The van der Waals surface area contributed by atoms with Crippen molar-refractivity contribution in [1.82, 2.24) is 0 Å². The van der Waals surface area contributed by atoms with Crippen LogP contribution in [0.4, 0.5) is 17.1 Å². The minimum Gasteiger partial charge on any atom is -0.389 e. The molecule has 0 saturated heterocycles. The summed E-state index contributed by atoms with van der Waals surface area (Å²) in [6.07, 6.45) is -0.410. The summed E-state index contributed by atoms with van der Waals surface area (Å²) in [6, 6.07) is 16.5. The Morgan fingerprint density at radius 3 is 1.88 bits per heavy atom. The largest absolute Gasteiger partial charge is 0.389 e. The Labute approximate surface area is 232 Å².